The number of ether oxygens (including phenoxy) is 1. The molecular weight excluding hydrogens is 330 g/mol. The fraction of sp³-hybridized carbons (Fsp3) is 0.650. The SMILES string of the molecule is CCc1ccc(CN(CCCN2CCOCC2)C2=NCCCS2)cc1. The molecule has 0 saturated carbocycles. The highest BCUT2D eigenvalue weighted by Crippen LogP contribution is 2.19. The lowest BCUT2D eigenvalue weighted by atomic mass is 10.1. The minimum absolute atomic E-state index is 0.885. The predicted molar refractivity (Wildman–Crippen MR) is 107 cm³/mol. The number of amidine groups is 1. The minimum Gasteiger partial charge on any atom is -0.379 e. The van der Waals surface area contributed by atoms with E-state index >= 15 is 0 Å². The zero-order chi connectivity index (χ0) is 17.3. The summed E-state index contributed by atoms with van der Waals surface area (Å²) in [6, 6.07) is 9.08. The molecule has 138 valence electrons. The second kappa shape index (κ2) is 10.2. The molecule has 2 aliphatic heterocycles. The lowest BCUT2D eigenvalue weighted by molar-refractivity contribution is 0.0368. The van der Waals surface area contributed by atoms with Gasteiger partial charge in [0.2, 0.25) is 0 Å². The van der Waals surface area contributed by atoms with Gasteiger partial charge in [0.05, 0.1) is 13.2 Å². The molecule has 0 radical (unpaired) electrons. The number of hydrogen-bond donors (Lipinski definition) is 0. The van der Waals surface area contributed by atoms with Gasteiger partial charge in [0.25, 0.3) is 0 Å². The number of benzene rings is 1. The van der Waals surface area contributed by atoms with E-state index in [9.17, 15) is 0 Å². The van der Waals surface area contributed by atoms with Crippen LogP contribution in [0.15, 0.2) is 29.3 Å². The van der Waals surface area contributed by atoms with Gasteiger partial charge in [0.15, 0.2) is 5.17 Å². The third kappa shape index (κ3) is 6.01. The monoisotopic (exact) mass is 361 g/mol. The minimum atomic E-state index is 0.885. The van der Waals surface area contributed by atoms with Gasteiger partial charge in [-0.15, -0.1) is 0 Å². The standard InChI is InChI=1S/C20H31N3OS/c1-2-18-5-7-19(8-6-18)17-23(20-21-9-3-16-25-20)11-4-10-22-12-14-24-15-13-22/h5-8H,2-4,9-17H2,1H3. The second-order valence-corrected chi connectivity index (χ2v) is 7.83. The quantitative estimate of drug-likeness (QED) is 0.745. The number of hydrogen-bond acceptors (Lipinski definition) is 5. The van der Waals surface area contributed by atoms with Crippen LogP contribution in [0.25, 0.3) is 0 Å². The van der Waals surface area contributed by atoms with Crippen molar-refractivity contribution in [3.8, 4) is 0 Å². The van der Waals surface area contributed by atoms with Crippen molar-refractivity contribution in [1.82, 2.24) is 9.80 Å². The fourth-order valence-corrected chi connectivity index (χ4v) is 4.27. The first-order chi connectivity index (χ1) is 12.3. The van der Waals surface area contributed by atoms with Gasteiger partial charge in [0, 0.05) is 45.0 Å². The van der Waals surface area contributed by atoms with Gasteiger partial charge in [0.1, 0.15) is 0 Å². The summed E-state index contributed by atoms with van der Waals surface area (Å²) in [4.78, 5) is 9.81. The van der Waals surface area contributed by atoms with E-state index in [0.717, 1.165) is 58.9 Å². The number of aliphatic imine (C=N–C) groups is 1. The molecule has 0 unspecified atom stereocenters. The summed E-state index contributed by atoms with van der Waals surface area (Å²) in [5.41, 5.74) is 2.80. The zero-order valence-corrected chi connectivity index (χ0v) is 16.3. The highest BCUT2D eigenvalue weighted by molar-refractivity contribution is 8.13. The molecule has 0 atom stereocenters. The molecular formula is C20H31N3OS. The van der Waals surface area contributed by atoms with Crippen LogP contribution in [0.5, 0.6) is 0 Å². The summed E-state index contributed by atoms with van der Waals surface area (Å²) in [5.74, 6) is 1.20. The van der Waals surface area contributed by atoms with Crippen LogP contribution < -0.4 is 0 Å². The molecule has 0 N–H and O–H groups in total. The maximum Gasteiger partial charge on any atom is 0.159 e. The molecule has 0 spiro atoms. The lowest BCUT2D eigenvalue weighted by Crippen LogP contribution is -2.39. The first kappa shape index (κ1) is 18.7. The smallest absolute Gasteiger partial charge is 0.159 e. The molecule has 25 heavy (non-hydrogen) atoms. The highest BCUT2D eigenvalue weighted by Gasteiger charge is 2.16. The van der Waals surface area contributed by atoms with Crippen molar-refractivity contribution in [2.24, 2.45) is 4.99 Å². The van der Waals surface area contributed by atoms with Crippen LogP contribution in [-0.4, -0.2) is 66.7 Å². The molecule has 1 aromatic carbocycles. The van der Waals surface area contributed by atoms with Crippen molar-refractivity contribution in [3.05, 3.63) is 35.4 Å². The second-order valence-electron chi connectivity index (χ2n) is 6.77. The van der Waals surface area contributed by atoms with Crippen molar-refractivity contribution in [1.29, 1.82) is 0 Å². The molecule has 2 aliphatic rings. The van der Waals surface area contributed by atoms with Crippen LogP contribution in [-0.2, 0) is 17.7 Å². The highest BCUT2D eigenvalue weighted by atomic mass is 32.2. The van der Waals surface area contributed by atoms with E-state index in [1.54, 1.807) is 0 Å². The summed E-state index contributed by atoms with van der Waals surface area (Å²) < 4.78 is 5.45. The van der Waals surface area contributed by atoms with E-state index in [1.165, 1.54) is 34.9 Å². The molecule has 0 amide bonds. The van der Waals surface area contributed by atoms with Gasteiger partial charge in [-0.2, -0.15) is 0 Å². The van der Waals surface area contributed by atoms with Crippen molar-refractivity contribution < 1.29 is 4.74 Å². The van der Waals surface area contributed by atoms with E-state index in [2.05, 4.69) is 41.0 Å². The molecule has 3 rings (SSSR count). The summed E-state index contributed by atoms with van der Waals surface area (Å²) in [6.45, 7) is 10.3. The largest absolute Gasteiger partial charge is 0.379 e. The third-order valence-electron chi connectivity index (χ3n) is 4.86. The Morgan fingerprint density at radius 1 is 1.16 bits per heavy atom. The number of nitrogens with zero attached hydrogens (tertiary/aromatic N) is 3. The molecule has 1 fully saturated rings. The Kier molecular flexibility index (Phi) is 7.64. The summed E-state index contributed by atoms with van der Waals surface area (Å²) in [6.07, 6.45) is 3.50. The van der Waals surface area contributed by atoms with Crippen molar-refractivity contribution >= 4 is 16.9 Å². The first-order valence-electron chi connectivity index (χ1n) is 9.65. The molecule has 0 bridgehead atoms. The summed E-state index contributed by atoms with van der Waals surface area (Å²) in [7, 11) is 0. The Hall–Kier alpha value is -1.04. The van der Waals surface area contributed by atoms with Gasteiger partial charge >= 0.3 is 0 Å². The Labute approximate surface area is 156 Å². The van der Waals surface area contributed by atoms with Gasteiger partial charge in [-0.3, -0.25) is 9.89 Å². The Bertz CT molecular complexity index is 540. The summed E-state index contributed by atoms with van der Waals surface area (Å²) in [5, 5.41) is 1.24. The van der Waals surface area contributed by atoms with Crippen LogP contribution in [0.2, 0.25) is 0 Å². The Morgan fingerprint density at radius 2 is 1.92 bits per heavy atom. The maximum atomic E-state index is 5.45. The van der Waals surface area contributed by atoms with E-state index < -0.39 is 0 Å². The lowest BCUT2D eigenvalue weighted by Gasteiger charge is -2.30. The van der Waals surface area contributed by atoms with Crippen molar-refractivity contribution in [2.75, 3.05) is 51.7 Å². The molecule has 2 heterocycles. The number of aryl methyl sites for hydroxylation is 1. The molecule has 1 aromatic rings. The normalized spacial score (nSPS) is 18.8. The van der Waals surface area contributed by atoms with Gasteiger partial charge in [-0.05, 0) is 30.4 Å². The van der Waals surface area contributed by atoms with Crippen molar-refractivity contribution in [3.63, 3.8) is 0 Å². The average molecular weight is 362 g/mol. The average Bonchev–Trinajstić information content (AvgIpc) is 2.69. The molecule has 1 saturated heterocycles. The number of morpholine rings is 1. The van der Waals surface area contributed by atoms with Gasteiger partial charge in [-0.1, -0.05) is 43.0 Å². The third-order valence-corrected chi connectivity index (χ3v) is 6.00. The van der Waals surface area contributed by atoms with Gasteiger partial charge in [-0.25, -0.2) is 0 Å². The predicted octanol–water partition coefficient (Wildman–Crippen LogP) is 3.27. The maximum absolute atomic E-state index is 5.45. The number of rotatable bonds is 7. The van der Waals surface area contributed by atoms with Crippen LogP contribution in [0.3, 0.4) is 0 Å². The van der Waals surface area contributed by atoms with Crippen LogP contribution >= 0.6 is 11.8 Å². The molecule has 0 aliphatic carbocycles. The van der Waals surface area contributed by atoms with E-state index in [0.29, 0.717) is 0 Å². The zero-order valence-electron chi connectivity index (χ0n) is 15.5. The van der Waals surface area contributed by atoms with Gasteiger partial charge < -0.3 is 9.64 Å². The molecule has 5 heteroatoms. The van der Waals surface area contributed by atoms with Crippen LogP contribution in [0, 0.1) is 0 Å². The Morgan fingerprint density at radius 3 is 2.60 bits per heavy atom. The van der Waals surface area contributed by atoms with E-state index in [1.807, 2.05) is 11.8 Å². The van der Waals surface area contributed by atoms with Crippen molar-refractivity contribution in [2.45, 2.75) is 32.7 Å². The topological polar surface area (TPSA) is 28.1 Å². The summed E-state index contributed by atoms with van der Waals surface area (Å²) >= 11 is 1.93. The van der Waals surface area contributed by atoms with E-state index in [-0.39, 0.29) is 0 Å². The van der Waals surface area contributed by atoms with E-state index in [4.69, 9.17) is 9.73 Å². The Balaban J connectivity index is 1.57. The first-order valence-corrected chi connectivity index (χ1v) is 10.6. The molecule has 4 nitrogen and oxygen atoms in total. The fourth-order valence-electron chi connectivity index (χ4n) is 3.29. The molecule has 0 aromatic heterocycles. The van der Waals surface area contributed by atoms with Crippen LogP contribution in [0.4, 0.5) is 0 Å². The van der Waals surface area contributed by atoms with Crippen LogP contribution in [0.1, 0.15) is 30.9 Å². The number of thioether (sulfide) groups is 1.